The second-order valence-electron chi connectivity index (χ2n) is 6.01. The van der Waals surface area contributed by atoms with Gasteiger partial charge in [-0.15, -0.1) is 0 Å². The lowest BCUT2D eigenvalue weighted by atomic mass is 10.0. The lowest BCUT2D eigenvalue weighted by Crippen LogP contribution is -2.39. The number of hydrogen-bond acceptors (Lipinski definition) is 3. The summed E-state index contributed by atoms with van der Waals surface area (Å²) in [6.07, 6.45) is 3.51. The average Bonchev–Trinajstić information content (AvgIpc) is 2.49. The number of rotatable bonds is 5. The Morgan fingerprint density at radius 3 is 2.57 bits per heavy atom. The van der Waals surface area contributed by atoms with Crippen molar-refractivity contribution in [1.82, 2.24) is 9.80 Å². The molecule has 0 atom stereocenters. The number of nitrogens with one attached hydrogen (secondary N) is 1. The Kier molecular flexibility index (Phi) is 5.62. The zero-order valence-electron chi connectivity index (χ0n) is 13.4. The number of carbonyl (C=O) groups excluding carboxylic acids is 1. The minimum absolute atomic E-state index is 0.0570. The monoisotopic (exact) mass is 289 g/mol. The molecule has 0 saturated carbocycles. The maximum atomic E-state index is 12.2. The molecule has 1 heterocycles. The Morgan fingerprint density at radius 1 is 1.29 bits per heavy atom. The molecule has 0 aromatic heterocycles. The van der Waals surface area contributed by atoms with Crippen LogP contribution in [0.15, 0.2) is 24.3 Å². The predicted molar refractivity (Wildman–Crippen MR) is 87.8 cm³/mol. The molecular formula is C17H27N3O. The minimum atomic E-state index is 0.0570. The van der Waals surface area contributed by atoms with Gasteiger partial charge in [-0.2, -0.15) is 0 Å². The molecule has 0 spiro atoms. The van der Waals surface area contributed by atoms with Gasteiger partial charge in [0.05, 0.1) is 5.56 Å². The number of anilines is 1. The van der Waals surface area contributed by atoms with Crippen molar-refractivity contribution in [2.75, 3.05) is 39.0 Å². The summed E-state index contributed by atoms with van der Waals surface area (Å²) in [5.74, 6) is 0.0570. The van der Waals surface area contributed by atoms with Crippen molar-refractivity contribution in [3.05, 3.63) is 29.8 Å². The third-order valence-corrected chi connectivity index (χ3v) is 4.05. The number of piperidine rings is 1. The van der Waals surface area contributed by atoms with Crippen molar-refractivity contribution in [2.45, 2.75) is 32.2 Å². The van der Waals surface area contributed by atoms with Crippen LogP contribution in [0.3, 0.4) is 0 Å². The number of hydrogen-bond donors (Lipinski definition) is 1. The zero-order valence-corrected chi connectivity index (χ0v) is 13.4. The molecule has 4 heteroatoms. The lowest BCUT2D eigenvalue weighted by molar-refractivity contribution is 0.0828. The van der Waals surface area contributed by atoms with Gasteiger partial charge in [0.2, 0.25) is 0 Å². The number of likely N-dealkylation sites (tertiary alicyclic amines) is 1. The molecule has 1 N–H and O–H groups in total. The fourth-order valence-corrected chi connectivity index (χ4v) is 2.87. The van der Waals surface area contributed by atoms with Gasteiger partial charge in [0.15, 0.2) is 0 Å². The summed E-state index contributed by atoms with van der Waals surface area (Å²) in [4.78, 5) is 16.4. The predicted octanol–water partition coefficient (Wildman–Crippen LogP) is 2.67. The minimum Gasteiger partial charge on any atom is -0.382 e. The molecule has 1 amide bonds. The maximum absolute atomic E-state index is 12.2. The van der Waals surface area contributed by atoms with Crippen LogP contribution in [-0.4, -0.2) is 55.5 Å². The van der Waals surface area contributed by atoms with Crippen LogP contribution in [0.2, 0.25) is 0 Å². The normalized spacial score (nSPS) is 16.7. The number of para-hydroxylation sites is 1. The molecule has 116 valence electrons. The summed E-state index contributed by atoms with van der Waals surface area (Å²) in [7, 11) is 3.59. The van der Waals surface area contributed by atoms with E-state index in [0.717, 1.165) is 37.2 Å². The molecule has 1 fully saturated rings. The molecule has 4 nitrogen and oxygen atoms in total. The highest BCUT2D eigenvalue weighted by Crippen LogP contribution is 2.21. The molecule has 2 rings (SSSR count). The highest BCUT2D eigenvalue weighted by molar-refractivity contribution is 5.99. The molecule has 1 aliphatic rings. The van der Waals surface area contributed by atoms with Crippen LogP contribution in [0.5, 0.6) is 0 Å². The van der Waals surface area contributed by atoms with E-state index in [1.807, 2.05) is 24.3 Å². The average molecular weight is 289 g/mol. The topological polar surface area (TPSA) is 35.6 Å². The van der Waals surface area contributed by atoms with Crippen molar-refractivity contribution in [2.24, 2.45) is 0 Å². The molecule has 1 aliphatic heterocycles. The standard InChI is InChI=1S/C17H27N3O/c1-4-11-20-12-9-14(10-13-20)18-16-8-6-5-7-15(16)17(21)19(2)3/h5-8,14,18H,4,9-13H2,1-3H3. The van der Waals surface area contributed by atoms with Crippen molar-refractivity contribution < 1.29 is 4.79 Å². The van der Waals surface area contributed by atoms with E-state index in [1.54, 1.807) is 19.0 Å². The van der Waals surface area contributed by atoms with E-state index in [9.17, 15) is 4.79 Å². The van der Waals surface area contributed by atoms with Crippen LogP contribution in [-0.2, 0) is 0 Å². The SMILES string of the molecule is CCCN1CCC(Nc2ccccc2C(=O)N(C)C)CC1. The summed E-state index contributed by atoms with van der Waals surface area (Å²) in [6.45, 7) is 5.72. The van der Waals surface area contributed by atoms with Crippen LogP contribution < -0.4 is 5.32 Å². The van der Waals surface area contributed by atoms with Crippen LogP contribution >= 0.6 is 0 Å². The van der Waals surface area contributed by atoms with Crippen LogP contribution in [0.1, 0.15) is 36.5 Å². The van der Waals surface area contributed by atoms with Gasteiger partial charge in [0.25, 0.3) is 5.91 Å². The molecule has 1 saturated heterocycles. The number of carbonyl (C=O) groups is 1. The first-order valence-electron chi connectivity index (χ1n) is 7.91. The molecule has 0 radical (unpaired) electrons. The van der Waals surface area contributed by atoms with E-state index in [1.165, 1.54) is 13.0 Å². The van der Waals surface area contributed by atoms with Crippen molar-refractivity contribution in [3.8, 4) is 0 Å². The van der Waals surface area contributed by atoms with Gasteiger partial charge in [0, 0.05) is 38.9 Å². The summed E-state index contributed by atoms with van der Waals surface area (Å²) < 4.78 is 0. The molecule has 0 bridgehead atoms. The highest BCUT2D eigenvalue weighted by Gasteiger charge is 2.20. The Morgan fingerprint density at radius 2 is 1.95 bits per heavy atom. The number of benzene rings is 1. The Hall–Kier alpha value is -1.55. The first kappa shape index (κ1) is 15.8. The van der Waals surface area contributed by atoms with E-state index >= 15 is 0 Å². The van der Waals surface area contributed by atoms with E-state index in [2.05, 4.69) is 17.1 Å². The van der Waals surface area contributed by atoms with Gasteiger partial charge < -0.3 is 15.1 Å². The first-order valence-corrected chi connectivity index (χ1v) is 7.91. The quantitative estimate of drug-likeness (QED) is 0.905. The van der Waals surface area contributed by atoms with Crippen molar-refractivity contribution >= 4 is 11.6 Å². The lowest BCUT2D eigenvalue weighted by Gasteiger charge is -2.33. The second-order valence-corrected chi connectivity index (χ2v) is 6.01. The van der Waals surface area contributed by atoms with E-state index in [4.69, 9.17) is 0 Å². The van der Waals surface area contributed by atoms with Gasteiger partial charge in [-0.05, 0) is 37.9 Å². The fraction of sp³-hybridized carbons (Fsp3) is 0.588. The molecule has 1 aromatic rings. The summed E-state index contributed by atoms with van der Waals surface area (Å²) >= 11 is 0. The highest BCUT2D eigenvalue weighted by atomic mass is 16.2. The largest absolute Gasteiger partial charge is 0.382 e. The zero-order chi connectivity index (χ0) is 15.2. The van der Waals surface area contributed by atoms with Gasteiger partial charge in [0.1, 0.15) is 0 Å². The third-order valence-electron chi connectivity index (χ3n) is 4.05. The van der Waals surface area contributed by atoms with Gasteiger partial charge >= 0.3 is 0 Å². The van der Waals surface area contributed by atoms with Crippen LogP contribution in [0, 0.1) is 0 Å². The summed E-state index contributed by atoms with van der Waals surface area (Å²) in [5, 5.41) is 3.57. The van der Waals surface area contributed by atoms with Crippen molar-refractivity contribution in [3.63, 3.8) is 0 Å². The van der Waals surface area contributed by atoms with Crippen LogP contribution in [0.4, 0.5) is 5.69 Å². The Balaban J connectivity index is 1.99. The Labute approximate surface area is 128 Å². The molecule has 21 heavy (non-hydrogen) atoms. The molecule has 0 unspecified atom stereocenters. The van der Waals surface area contributed by atoms with Gasteiger partial charge in [-0.3, -0.25) is 4.79 Å². The summed E-state index contributed by atoms with van der Waals surface area (Å²) in [5.41, 5.74) is 1.73. The Bertz CT molecular complexity index is 465. The maximum Gasteiger partial charge on any atom is 0.255 e. The fourth-order valence-electron chi connectivity index (χ4n) is 2.87. The van der Waals surface area contributed by atoms with E-state index in [0.29, 0.717) is 6.04 Å². The van der Waals surface area contributed by atoms with Gasteiger partial charge in [-0.1, -0.05) is 19.1 Å². The second kappa shape index (κ2) is 7.46. The van der Waals surface area contributed by atoms with E-state index < -0.39 is 0 Å². The number of nitrogens with zero attached hydrogens (tertiary/aromatic N) is 2. The molecule has 1 aromatic carbocycles. The third kappa shape index (κ3) is 4.21. The van der Waals surface area contributed by atoms with Crippen LogP contribution in [0.25, 0.3) is 0 Å². The van der Waals surface area contributed by atoms with Gasteiger partial charge in [-0.25, -0.2) is 0 Å². The molecular weight excluding hydrogens is 262 g/mol. The summed E-state index contributed by atoms with van der Waals surface area (Å²) in [6, 6.07) is 8.29. The first-order chi connectivity index (χ1) is 10.1. The van der Waals surface area contributed by atoms with Crippen molar-refractivity contribution in [1.29, 1.82) is 0 Å². The molecule has 0 aliphatic carbocycles. The van der Waals surface area contributed by atoms with E-state index in [-0.39, 0.29) is 5.91 Å². The number of amides is 1. The smallest absolute Gasteiger partial charge is 0.255 e.